The number of phenolic OH excluding ortho intramolecular Hbond substituents is 1. The van der Waals surface area contributed by atoms with E-state index in [0.29, 0.717) is 17.0 Å². The summed E-state index contributed by atoms with van der Waals surface area (Å²) in [6.45, 7) is 7.33. The molecule has 0 aliphatic carbocycles. The number of benzene rings is 1. The van der Waals surface area contributed by atoms with Crippen LogP contribution in [-0.2, 0) is 19.1 Å². The van der Waals surface area contributed by atoms with Crippen molar-refractivity contribution in [2.75, 3.05) is 13.2 Å². The minimum atomic E-state index is -0.763. The molecule has 6 heteroatoms. The Hall–Kier alpha value is -2.76. The quantitative estimate of drug-likeness (QED) is 0.798. The van der Waals surface area contributed by atoms with Crippen LogP contribution in [0.4, 0.5) is 0 Å². The molecule has 0 aromatic heterocycles. The van der Waals surface area contributed by atoms with Crippen molar-refractivity contribution < 1.29 is 24.2 Å². The van der Waals surface area contributed by atoms with Crippen LogP contribution in [0.5, 0.6) is 5.75 Å². The van der Waals surface area contributed by atoms with Crippen LogP contribution in [0.3, 0.4) is 0 Å². The normalized spacial score (nSPS) is 15.0. The number of hydrogen-bond donors (Lipinski definition) is 2. The topological polar surface area (TPSA) is 84.9 Å². The third-order valence-corrected chi connectivity index (χ3v) is 4.00. The van der Waals surface area contributed by atoms with Gasteiger partial charge in [0.25, 0.3) is 0 Å². The van der Waals surface area contributed by atoms with Crippen molar-refractivity contribution in [1.82, 2.24) is 5.32 Å². The van der Waals surface area contributed by atoms with E-state index in [-0.39, 0.29) is 30.1 Å². The second kappa shape index (κ2) is 7.88. The number of rotatable bonds is 5. The molecule has 1 aliphatic rings. The van der Waals surface area contributed by atoms with Crippen molar-refractivity contribution in [2.45, 2.75) is 33.6 Å². The number of nitrogens with one attached hydrogen (secondary N) is 1. The van der Waals surface area contributed by atoms with Crippen molar-refractivity contribution in [1.29, 1.82) is 0 Å². The van der Waals surface area contributed by atoms with Gasteiger partial charge in [-0.25, -0.2) is 9.59 Å². The summed E-state index contributed by atoms with van der Waals surface area (Å²) < 4.78 is 10.3. The van der Waals surface area contributed by atoms with E-state index >= 15 is 0 Å². The third-order valence-electron chi connectivity index (χ3n) is 4.00. The Balaban J connectivity index is 2.66. The molecule has 0 bridgehead atoms. The van der Waals surface area contributed by atoms with Crippen LogP contribution in [0.2, 0.25) is 0 Å². The average molecular weight is 345 g/mol. The fraction of sp³-hybridized carbons (Fsp3) is 0.368. The van der Waals surface area contributed by atoms with Gasteiger partial charge in [0.05, 0.1) is 30.3 Å². The van der Waals surface area contributed by atoms with Gasteiger partial charge in [0, 0.05) is 17.0 Å². The van der Waals surface area contributed by atoms with E-state index in [1.54, 1.807) is 45.9 Å². The van der Waals surface area contributed by atoms with Gasteiger partial charge in [-0.2, -0.15) is 0 Å². The molecule has 1 aromatic rings. The molecule has 25 heavy (non-hydrogen) atoms. The van der Waals surface area contributed by atoms with Gasteiger partial charge in [-0.3, -0.25) is 0 Å². The Bertz CT molecular complexity index is 708. The molecular formula is C19H23NO5. The largest absolute Gasteiger partial charge is 0.508 e. The molecule has 0 radical (unpaired) electrons. The van der Waals surface area contributed by atoms with Crippen LogP contribution in [-0.4, -0.2) is 30.3 Å². The summed E-state index contributed by atoms with van der Waals surface area (Å²) in [6.07, 6.45) is 0. The zero-order valence-electron chi connectivity index (χ0n) is 14.9. The predicted molar refractivity (Wildman–Crippen MR) is 92.6 cm³/mol. The van der Waals surface area contributed by atoms with E-state index in [1.807, 2.05) is 0 Å². The summed E-state index contributed by atoms with van der Waals surface area (Å²) in [6, 6.07) is 6.63. The maximum atomic E-state index is 12.6. The van der Waals surface area contributed by atoms with E-state index in [9.17, 15) is 14.7 Å². The molecule has 0 saturated heterocycles. The smallest absolute Gasteiger partial charge is 0.336 e. The summed E-state index contributed by atoms with van der Waals surface area (Å²) >= 11 is 0. The first-order chi connectivity index (χ1) is 11.9. The first kappa shape index (κ1) is 18.6. The Labute approximate surface area is 147 Å². The Morgan fingerprint density at radius 1 is 1.00 bits per heavy atom. The number of carbonyl (C=O) groups is 2. The SMILES string of the molecule is CCOC(=O)C1=C(C)NC(C)=C(C(=O)OCC)C1c1ccccc1O. The maximum Gasteiger partial charge on any atom is 0.336 e. The molecule has 1 aromatic carbocycles. The minimum Gasteiger partial charge on any atom is -0.508 e. The van der Waals surface area contributed by atoms with E-state index in [1.165, 1.54) is 6.07 Å². The van der Waals surface area contributed by atoms with Crippen molar-refractivity contribution in [3.63, 3.8) is 0 Å². The number of hydrogen-bond acceptors (Lipinski definition) is 6. The fourth-order valence-corrected chi connectivity index (χ4v) is 3.00. The summed E-state index contributed by atoms with van der Waals surface area (Å²) in [5, 5.41) is 13.4. The lowest BCUT2D eigenvalue weighted by atomic mass is 9.80. The lowest BCUT2D eigenvalue weighted by molar-refractivity contribution is -0.139. The van der Waals surface area contributed by atoms with Crippen molar-refractivity contribution in [2.24, 2.45) is 0 Å². The third kappa shape index (κ3) is 3.68. The zero-order valence-corrected chi connectivity index (χ0v) is 14.9. The highest BCUT2D eigenvalue weighted by molar-refractivity contribution is 6.00. The summed E-state index contributed by atoms with van der Waals surface area (Å²) in [5.74, 6) is -1.83. The van der Waals surface area contributed by atoms with Crippen molar-refractivity contribution in [3.05, 3.63) is 52.4 Å². The summed E-state index contributed by atoms with van der Waals surface area (Å²) in [4.78, 5) is 25.1. The molecule has 0 atom stereocenters. The van der Waals surface area contributed by atoms with Crippen molar-refractivity contribution >= 4 is 11.9 Å². The van der Waals surface area contributed by atoms with E-state index < -0.39 is 17.9 Å². The van der Waals surface area contributed by atoms with Gasteiger partial charge in [-0.15, -0.1) is 0 Å². The number of dihydropyridines is 1. The molecule has 2 N–H and O–H groups in total. The highest BCUT2D eigenvalue weighted by Crippen LogP contribution is 2.42. The first-order valence-electron chi connectivity index (χ1n) is 8.23. The van der Waals surface area contributed by atoms with Gasteiger partial charge in [0.2, 0.25) is 0 Å². The lowest BCUT2D eigenvalue weighted by Crippen LogP contribution is -2.32. The fourth-order valence-electron chi connectivity index (χ4n) is 3.00. The van der Waals surface area contributed by atoms with Crippen LogP contribution in [0, 0.1) is 0 Å². The summed E-state index contributed by atoms with van der Waals surface area (Å²) in [7, 11) is 0. The van der Waals surface area contributed by atoms with Gasteiger partial charge in [0.1, 0.15) is 5.75 Å². The average Bonchev–Trinajstić information content (AvgIpc) is 2.54. The second-order valence-corrected chi connectivity index (χ2v) is 5.64. The van der Waals surface area contributed by atoms with Crippen molar-refractivity contribution in [3.8, 4) is 5.75 Å². The Morgan fingerprint density at radius 2 is 1.48 bits per heavy atom. The van der Waals surface area contributed by atoms with E-state index in [2.05, 4.69) is 5.32 Å². The maximum absolute atomic E-state index is 12.6. The molecule has 0 fully saturated rings. The highest BCUT2D eigenvalue weighted by Gasteiger charge is 2.38. The molecule has 0 amide bonds. The number of allylic oxidation sites excluding steroid dienone is 2. The number of esters is 2. The van der Waals surface area contributed by atoms with Crippen LogP contribution in [0.1, 0.15) is 39.2 Å². The Morgan fingerprint density at radius 3 is 1.92 bits per heavy atom. The molecule has 0 saturated carbocycles. The second-order valence-electron chi connectivity index (χ2n) is 5.64. The molecule has 1 aliphatic heterocycles. The minimum absolute atomic E-state index is 0.00130. The van der Waals surface area contributed by atoms with Gasteiger partial charge in [-0.1, -0.05) is 18.2 Å². The number of phenols is 1. The number of ether oxygens (including phenoxy) is 2. The van der Waals surface area contributed by atoms with Crippen LogP contribution in [0.15, 0.2) is 46.8 Å². The Kier molecular flexibility index (Phi) is 5.85. The molecule has 1 heterocycles. The van der Waals surface area contributed by atoms with Gasteiger partial charge in [-0.05, 0) is 33.8 Å². The predicted octanol–water partition coefficient (Wildman–Crippen LogP) is 2.75. The number of carbonyl (C=O) groups excluding carboxylic acids is 2. The molecule has 6 nitrogen and oxygen atoms in total. The first-order valence-corrected chi connectivity index (χ1v) is 8.23. The van der Waals surface area contributed by atoms with Gasteiger partial charge < -0.3 is 19.9 Å². The number of aromatic hydroxyl groups is 1. The lowest BCUT2D eigenvalue weighted by Gasteiger charge is -2.30. The standard InChI is InChI=1S/C19H23NO5/c1-5-24-18(22)15-11(3)20-12(4)16(19(23)25-6-2)17(15)13-9-7-8-10-14(13)21/h7-10,17,20-21H,5-6H2,1-4H3. The zero-order chi connectivity index (χ0) is 18.6. The molecule has 134 valence electrons. The van der Waals surface area contributed by atoms with Crippen LogP contribution in [0.25, 0.3) is 0 Å². The van der Waals surface area contributed by atoms with E-state index in [4.69, 9.17) is 9.47 Å². The molecule has 2 rings (SSSR count). The molecular weight excluding hydrogens is 322 g/mol. The highest BCUT2D eigenvalue weighted by atomic mass is 16.5. The number of para-hydroxylation sites is 1. The van der Waals surface area contributed by atoms with Crippen LogP contribution >= 0.6 is 0 Å². The van der Waals surface area contributed by atoms with Gasteiger partial charge >= 0.3 is 11.9 Å². The molecule has 0 unspecified atom stereocenters. The molecule has 0 spiro atoms. The monoisotopic (exact) mass is 345 g/mol. The summed E-state index contributed by atoms with van der Waals surface area (Å²) in [5.41, 5.74) is 2.19. The van der Waals surface area contributed by atoms with Gasteiger partial charge in [0.15, 0.2) is 0 Å². The van der Waals surface area contributed by atoms with E-state index in [0.717, 1.165) is 0 Å². The van der Waals surface area contributed by atoms with Crippen LogP contribution < -0.4 is 5.32 Å².